The molecule has 8 nitrogen and oxygen atoms in total. The summed E-state index contributed by atoms with van der Waals surface area (Å²) >= 11 is 0. The number of ether oxygens (including phenoxy) is 2. The van der Waals surface area contributed by atoms with Crippen molar-refractivity contribution in [3.63, 3.8) is 0 Å². The first-order chi connectivity index (χ1) is 13.6. The van der Waals surface area contributed by atoms with Crippen LogP contribution in [0, 0.1) is 5.92 Å². The maximum atomic E-state index is 12.5. The van der Waals surface area contributed by atoms with E-state index in [1.165, 1.54) is 0 Å². The molecule has 1 aliphatic carbocycles. The summed E-state index contributed by atoms with van der Waals surface area (Å²) in [5.74, 6) is 0.310. The lowest BCUT2D eigenvalue weighted by atomic mass is 10.1. The highest BCUT2D eigenvalue weighted by atomic mass is 16.7. The van der Waals surface area contributed by atoms with E-state index in [1.54, 1.807) is 30.6 Å². The fourth-order valence-corrected chi connectivity index (χ4v) is 3.51. The van der Waals surface area contributed by atoms with Crippen molar-refractivity contribution in [2.75, 3.05) is 6.79 Å². The number of benzene rings is 1. The first kappa shape index (κ1) is 18.2. The van der Waals surface area contributed by atoms with E-state index in [0.29, 0.717) is 36.4 Å². The average Bonchev–Trinajstić information content (AvgIpc) is 3.33. The van der Waals surface area contributed by atoms with Gasteiger partial charge in [-0.25, -0.2) is 0 Å². The third-order valence-corrected chi connectivity index (χ3v) is 5.04. The van der Waals surface area contributed by atoms with Crippen LogP contribution in [-0.2, 0) is 11.3 Å². The molecule has 1 aromatic heterocycles. The van der Waals surface area contributed by atoms with Gasteiger partial charge in [0.2, 0.25) is 12.7 Å². The number of nitrogens with zero attached hydrogens (tertiary/aromatic N) is 1. The minimum absolute atomic E-state index is 0.136. The standard InChI is InChI=1S/C20H21N3O5/c24-16-7-14(19(25)22-10-12-2-1-5-21-9-12)6-15(16)23-20(26)13-3-4-17-18(8-13)28-11-27-17/h1-5,8-9,14-16,24H,6-7,10-11H2,(H,22,25)(H,23,26)/t14-,15-,16-/m0/s1. The van der Waals surface area contributed by atoms with Crippen LogP contribution in [0.1, 0.15) is 28.8 Å². The van der Waals surface area contributed by atoms with Crippen LogP contribution in [0.15, 0.2) is 42.7 Å². The number of carbonyl (C=O) groups excluding carboxylic acids is 2. The van der Waals surface area contributed by atoms with Crippen LogP contribution < -0.4 is 20.1 Å². The Bertz CT molecular complexity index is 873. The van der Waals surface area contributed by atoms with E-state index < -0.39 is 12.1 Å². The Morgan fingerprint density at radius 3 is 2.86 bits per heavy atom. The van der Waals surface area contributed by atoms with Gasteiger partial charge in [-0.3, -0.25) is 14.6 Å². The molecule has 0 radical (unpaired) electrons. The molecule has 8 heteroatoms. The van der Waals surface area contributed by atoms with Crippen molar-refractivity contribution < 1.29 is 24.2 Å². The minimum atomic E-state index is -0.771. The lowest BCUT2D eigenvalue weighted by Crippen LogP contribution is -2.40. The van der Waals surface area contributed by atoms with Crippen molar-refractivity contribution in [2.24, 2.45) is 5.92 Å². The molecule has 3 atom stereocenters. The minimum Gasteiger partial charge on any atom is -0.454 e. The number of pyridine rings is 1. The largest absolute Gasteiger partial charge is 0.454 e. The van der Waals surface area contributed by atoms with Crippen molar-refractivity contribution in [3.8, 4) is 11.5 Å². The molecular weight excluding hydrogens is 362 g/mol. The summed E-state index contributed by atoms with van der Waals surface area (Å²) < 4.78 is 10.5. The Morgan fingerprint density at radius 2 is 2.04 bits per heavy atom. The highest BCUT2D eigenvalue weighted by Crippen LogP contribution is 2.33. The number of aromatic nitrogens is 1. The highest BCUT2D eigenvalue weighted by molar-refractivity contribution is 5.95. The van der Waals surface area contributed by atoms with E-state index in [2.05, 4.69) is 15.6 Å². The third kappa shape index (κ3) is 3.91. The number of carbonyl (C=O) groups is 2. The zero-order valence-corrected chi connectivity index (χ0v) is 15.1. The fourth-order valence-electron chi connectivity index (χ4n) is 3.51. The van der Waals surface area contributed by atoms with E-state index in [-0.39, 0.29) is 24.5 Å². The van der Waals surface area contributed by atoms with Gasteiger partial charge in [-0.2, -0.15) is 0 Å². The summed E-state index contributed by atoms with van der Waals surface area (Å²) in [5.41, 5.74) is 1.32. The second-order valence-electron chi connectivity index (χ2n) is 6.96. The van der Waals surface area contributed by atoms with Crippen molar-refractivity contribution in [3.05, 3.63) is 53.9 Å². The van der Waals surface area contributed by atoms with Crippen LogP contribution in [0.2, 0.25) is 0 Å². The number of aliphatic hydroxyl groups is 1. The third-order valence-electron chi connectivity index (χ3n) is 5.04. The number of hydrogen-bond acceptors (Lipinski definition) is 6. The molecule has 2 aliphatic rings. The maximum Gasteiger partial charge on any atom is 0.251 e. The van der Waals surface area contributed by atoms with Gasteiger partial charge in [0.1, 0.15) is 0 Å². The molecule has 2 heterocycles. The van der Waals surface area contributed by atoms with E-state index in [9.17, 15) is 14.7 Å². The Hall–Kier alpha value is -3.13. The normalized spacial score (nSPS) is 22.7. The first-order valence-electron chi connectivity index (χ1n) is 9.15. The lowest BCUT2D eigenvalue weighted by molar-refractivity contribution is -0.125. The van der Waals surface area contributed by atoms with Gasteiger partial charge in [-0.05, 0) is 42.7 Å². The van der Waals surface area contributed by atoms with Gasteiger partial charge in [0.25, 0.3) is 5.91 Å². The summed E-state index contributed by atoms with van der Waals surface area (Å²) in [7, 11) is 0. The lowest BCUT2D eigenvalue weighted by Gasteiger charge is -2.16. The Morgan fingerprint density at radius 1 is 1.18 bits per heavy atom. The number of nitrogens with one attached hydrogen (secondary N) is 2. The van der Waals surface area contributed by atoms with Crippen LogP contribution in [0.5, 0.6) is 11.5 Å². The topological polar surface area (TPSA) is 110 Å². The van der Waals surface area contributed by atoms with E-state index in [0.717, 1.165) is 5.56 Å². The average molecular weight is 383 g/mol. The molecule has 4 rings (SSSR count). The SMILES string of the molecule is O=C(N[C@H]1C[C@H](C(=O)NCc2cccnc2)C[C@@H]1O)c1ccc2c(c1)OCO2. The predicted octanol–water partition coefficient (Wildman–Crippen LogP) is 0.996. The van der Waals surface area contributed by atoms with E-state index in [4.69, 9.17) is 9.47 Å². The highest BCUT2D eigenvalue weighted by Gasteiger charge is 2.37. The quantitative estimate of drug-likeness (QED) is 0.711. The van der Waals surface area contributed by atoms with Crippen LogP contribution in [0.25, 0.3) is 0 Å². The summed E-state index contributed by atoms with van der Waals surface area (Å²) in [6, 6.07) is 8.14. The number of hydrogen-bond donors (Lipinski definition) is 3. The summed E-state index contributed by atoms with van der Waals surface area (Å²) in [6.45, 7) is 0.519. The van der Waals surface area contributed by atoms with E-state index in [1.807, 2.05) is 12.1 Å². The number of amides is 2. The zero-order chi connectivity index (χ0) is 19.5. The Balaban J connectivity index is 1.32. The van der Waals surface area contributed by atoms with Gasteiger partial charge in [0.15, 0.2) is 11.5 Å². The Labute approximate surface area is 161 Å². The van der Waals surface area contributed by atoms with E-state index >= 15 is 0 Å². The second-order valence-corrected chi connectivity index (χ2v) is 6.96. The van der Waals surface area contributed by atoms with Crippen LogP contribution in [-0.4, -0.2) is 40.8 Å². The number of fused-ring (bicyclic) bond motifs is 1. The molecular formula is C20H21N3O5. The summed E-state index contributed by atoms with van der Waals surface area (Å²) in [4.78, 5) is 28.9. The molecule has 0 saturated heterocycles. The molecule has 1 aliphatic heterocycles. The summed E-state index contributed by atoms with van der Waals surface area (Å²) in [6.07, 6.45) is 3.29. The second kappa shape index (κ2) is 7.85. The Kier molecular flexibility index (Phi) is 5.12. The molecule has 3 N–H and O–H groups in total. The van der Waals surface area contributed by atoms with Gasteiger partial charge in [0, 0.05) is 30.4 Å². The molecule has 1 saturated carbocycles. The van der Waals surface area contributed by atoms with Crippen LogP contribution in [0.4, 0.5) is 0 Å². The molecule has 1 fully saturated rings. The maximum absolute atomic E-state index is 12.5. The molecule has 28 heavy (non-hydrogen) atoms. The molecule has 2 aromatic rings. The molecule has 1 aromatic carbocycles. The predicted molar refractivity (Wildman–Crippen MR) is 98.6 cm³/mol. The van der Waals surface area contributed by atoms with Gasteiger partial charge < -0.3 is 25.2 Å². The molecule has 0 spiro atoms. The number of rotatable bonds is 5. The zero-order valence-electron chi connectivity index (χ0n) is 15.1. The van der Waals surface area contributed by atoms with Crippen molar-refractivity contribution in [1.29, 1.82) is 0 Å². The molecule has 146 valence electrons. The number of aliphatic hydroxyl groups excluding tert-OH is 1. The van der Waals surface area contributed by atoms with Crippen molar-refractivity contribution in [1.82, 2.24) is 15.6 Å². The van der Waals surface area contributed by atoms with Gasteiger partial charge >= 0.3 is 0 Å². The van der Waals surface area contributed by atoms with Gasteiger partial charge in [0.05, 0.1) is 12.1 Å². The smallest absolute Gasteiger partial charge is 0.251 e. The monoisotopic (exact) mass is 383 g/mol. The fraction of sp³-hybridized carbons (Fsp3) is 0.350. The van der Waals surface area contributed by atoms with Gasteiger partial charge in [-0.15, -0.1) is 0 Å². The van der Waals surface area contributed by atoms with Crippen LogP contribution in [0.3, 0.4) is 0 Å². The molecule has 0 bridgehead atoms. The van der Waals surface area contributed by atoms with Crippen molar-refractivity contribution >= 4 is 11.8 Å². The van der Waals surface area contributed by atoms with Crippen molar-refractivity contribution in [2.45, 2.75) is 31.5 Å². The molecule has 2 amide bonds. The van der Waals surface area contributed by atoms with Gasteiger partial charge in [-0.1, -0.05) is 6.07 Å². The summed E-state index contributed by atoms with van der Waals surface area (Å²) in [5, 5.41) is 16.0. The first-order valence-corrected chi connectivity index (χ1v) is 9.15. The molecule has 0 unspecified atom stereocenters. The van der Waals surface area contributed by atoms with Crippen LogP contribution >= 0.6 is 0 Å².